The number of ether oxygens (including phenoxy) is 2. The second kappa shape index (κ2) is 9.46. The van der Waals surface area contributed by atoms with Gasteiger partial charge in [-0.15, -0.1) is 0 Å². The fourth-order valence-corrected chi connectivity index (χ4v) is 2.27. The molecule has 1 amide bonds. The Morgan fingerprint density at radius 1 is 1.12 bits per heavy atom. The van der Waals surface area contributed by atoms with Crippen molar-refractivity contribution < 1.29 is 14.3 Å². The summed E-state index contributed by atoms with van der Waals surface area (Å²) < 4.78 is 10.4. The molecule has 25 heavy (non-hydrogen) atoms. The molecule has 7 nitrogen and oxygen atoms in total. The zero-order valence-corrected chi connectivity index (χ0v) is 14.8. The molecule has 1 heterocycles. The van der Waals surface area contributed by atoms with E-state index >= 15 is 0 Å². The van der Waals surface area contributed by atoms with Gasteiger partial charge in [-0.3, -0.25) is 4.79 Å². The third-order valence-electron chi connectivity index (χ3n) is 3.64. The number of carbonyl (C=O) groups is 1. The van der Waals surface area contributed by atoms with Crippen LogP contribution in [0.5, 0.6) is 11.5 Å². The molecule has 0 atom stereocenters. The number of hydrogen-bond acceptors (Lipinski definition) is 6. The predicted molar refractivity (Wildman–Crippen MR) is 97.5 cm³/mol. The van der Waals surface area contributed by atoms with Crippen molar-refractivity contribution in [3.05, 3.63) is 36.3 Å². The minimum Gasteiger partial charge on any atom is -0.497 e. The van der Waals surface area contributed by atoms with Gasteiger partial charge in [0.2, 0.25) is 0 Å². The van der Waals surface area contributed by atoms with E-state index in [-0.39, 0.29) is 11.6 Å². The SMILES string of the molecule is CCCCCNc1cc(C(=O)Nc2cc(OC)ccc2OC)ncn1. The van der Waals surface area contributed by atoms with Gasteiger partial charge < -0.3 is 20.1 Å². The van der Waals surface area contributed by atoms with Crippen molar-refractivity contribution in [3.8, 4) is 11.5 Å². The Labute approximate surface area is 147 Å². The van der Waals surface area contributed by atoms with Gasteiger partial charge in [0.05, 0.1) is 19.9 Å². The summed E-state index contributed by atoms with van der Waals surface area (Å²) in [6.45, 7) is 2.97. The zero-order valence-electron chi connectivity index (χ0n) is 14.8. The first kappa shape index (κ1) is 18.5. The largest absolute Gasteiger partial charge is 0.497 e. The lowest BCUT2D eigenvalue weighted by molar-refractivity contribution is 0.102. The number of nitrogens with zero attached hydrogens (tertiary/aromatic N) is 2. The third kappa shape index (κ3) is 5.34. The molecule has 2 rings (SSSR count). The third-order valence-corrected chi connectivity index (χ3v) is 3.64. The molecule has 0 aliphatic heterocycles. The van der Waals surface area contributed by atoms with Crippen LogP contribution in [0.25, 0.3) is 0 Å². The van der Waals surface area contributed by atoms with Crippen molar-refractivity contribution in [1.29, 1.82) is 0 Å². The van der Waals surface area contributed by atoms with E-state index in [1.807, 2.05) is 0 Å². The summed E-state index contributed by atoms with van der Waals surface area (Å²) in [7, 11) is 3.11. The molecule has 0 aliphatic carbocycles. The summed E-state index contributed by atoms with van der Waals surface area (Å²) in [4.78, 5) is 20.7. The first-order chi connectivity index (χ1) is 12.2. The maximum Gasteiger partial charge on any atom is 0.274 e. The summed E-state index contributed by atoms with van der Waals surface area (Å²) in [6, 6.07) is 6.82. The van der Waals surface area contributed by atoms with Crippen LogP contribution in [-0.2, 0) is 0 Å². The molecule has 0 unspecified atom stereocenters. The van der Waals surface area contributed by atoms with Crippen LogP contribution >= 0.6 is 0 Å². The second-order valence-corrected chi connectivity index (χ2v) is 5.44. The topological polar surface area (TPSA) is 85.4 Å². The monoisotopic (exact) mass is 344 g/mol. The van der Waals surface area contributed by atoms with Gasteiger partial charge in [0.15, 0.2) is 0 Å². The van der Waals surface area contributed by atoms with Crippen LogP contribution in [0.4, 0.5) is 11.5 Å². The molecule has 0 saturated carbocycles. The van der Waals surface area contributed by atoms with E-state index in [1.165, 1.54) is 6.33 Å². The zero-order chi connectivity index (χ0) is 18.1. The Morgan fingerprint density at radius 3 is 2.68 bits per heavy atom. The van der Waals surface area contributed by atoms with Crippen molar-refractivity contribution in [2.45, 2.75) is 26.2 Å². The highest BCUT2D eigenvalue weighted by molar-refractivity contribution is 6.04. The summed E-state index contributed by atoms with van der Waals surface area (Å²) in [5.74, 6) is 1.46. The minimum absolute atomic E-state index is 0.276. The Bertz CT molecular complexity index is 706. The normalized spacial score (nSPS) is 10.2. The molecule has 2 aromatic rings. The molecule has 0 bridgehead atoms. The van der Waals surface area contributed by atoms with E-state index in [2.05, 4.69) is 27.5 Å². The number of amides is 1. The number of hydrogen-bond donors (Lipinski definition) is 2. The van der Waals surface area contributed by atoms with Gasteiger partial charge in [-0.1, -0.05) is 19.8 Å². The number of benzene rings is 1. The Hall–Kier alpha value is -2.83. The molecule has 0 fully saturated rings. The molecular weight excluding hydrogens is 320 g/mol. The second-order valence-electron chi connectivity index (χ2n) is 5.44. The fourth-order valence-electron chi connectivity index (χ4n) is 2.27. The van der Waals surface area contributed by atoms with Gasteiger partial charge in [-0.2, -0.15) is 0 Å². The highest BCUT2D eigenvalue weighted by Gasteiger charge is 2.13. The van der Waals surface area contributed by atoms with E-state index in [9.17, 15) is 4.79 Å². The number of unbranched alkanes of at least 4 members (excludes halogenated alkanes) is 2. The van der Waals surface area contributed by atoms with Crippen LogP contribution in [0.1, 0.15) is 36.7 Å². The van der Waals surface area contributed by atoms with Gasteiger partial charge in [-0.25, -0.2) is 9.97 Å². The Kier molecular flexibility index (Phi) is 7.00. The first-order valence-electron chi connectivity index (χ1n) is 8.27. The molecule has 0 radical (unpaired) electrons. The number of carbonyl (C=O) groups excluding carboxylic acids is 1. The van der Waals surface area contributed by atoms with Crippen LogP contribution in [0.3, 0.4) is 0 Å². The highest BCUT2D eigenvalue weighted by atomic mass is 16.5. The molecule has 0 spiro atoms. The van der Waals surface area contributed by atoms with Crippen LogP contribution < -0.4 is 20.1 Å². The molecule has 2 N–H and O–H groups in total. The van der Waals surface area contributed by atoms with E-state index in [0.717, 1.165) is 25.8 Å². The van der Waals surface area contributed by atoms with Gasteiger partial charge in [0.25, 0.3) is 5.91 Å². The van der Waals surface area contributed by atoms with Crippen molar-refractivity contribution in [2.75, 3.05) is 31.4 Å². The first-order valence-corrected chi connectivity index (χ1v) is 8.27. The quantitative estimate of drug-likeness (QED) is 0.679. The van der Waals surface area contributed by atoms with E-state index < -0.39 is 0 Å². The smallest absolute Gasteiger partial charge is 0.274 e. The average molecular weight is 344 g/mol. The number of methoxy groups -OCH3 is 2. The van der Waals surface area contributed by atoms with Crippen molar-refractivity contribution in [3.63, 3.8) is 0 Å². The van der Waals surface area contributed by atoms with Gasteiger partial charge in [0.1, 0.15) is 29.3 Å². The van der Waals surface area contributed by atoms with Gasteiger partial charge in [0, 0.05) is 18.7 Å². The molecule has 7 heteroatoms. The lowest BCUT2D eigenvalue weighted by Gasteiger charge is -2.12. The van der Waals surface area contributed by atoms with Crippen LogP contribution in [0.2, 0.25) is 0 Å². The van der Waals surface area contributed by atoms with Crippen molar-refractivity contribution in [1.82, 2.24) is 9.97 Å². The maximum absolute atomic E-state index is 12.5. The highest BCUT2D eigenvalue weighted by Crippen LogP contribution is 2.29. The van der Waals surface area contributed by atoms with Crippen LogP contribution in [0.15, 0.2) is 30.6 Å². The number of aromatic nitrogens is 2. The molecular formula is C18H24N4O3. The summed E-state index contributed by atoms with van der Waals surface area (Å²) in [6.07, 6.45) is 4.74. The van der Waals surface area contributed by atoms with E-state index in [0.29, 0.717) is 23.0 Å². The molecule has 0 aliphatic rings. The fraction of sp³-hybridized carbons (Fsp3) is 0.389. The van der Waals surface area contributed by atoms with Crippen LogP contribution in [-0.4, -0.2) is 36.6 Å². The summed E-state index contributed by atoms with van der Waals surface area (Å²) >= 11 is 0. The predicted octanol–water partition coefficient (Wildman–Crippen LogP) is 3.35. The molecule has 1 aromatic carbocycles. The number of nitrogens with one attached hydrogen (secondary N) is 2. The number of anilines is 2. The lowest BCUT2D eigenvalue weighted by atomic mass is 10.2. The van der Waals surface area contributed by atoms with Crippen molar-refractivity contribution >= 4 is 17.4 Å². The standard InChI is InChI=1S/C18H24N4O3/c1-4-5-6-9-19-17-11-15(20-12-21-17)18(23)22-14-10-13(24-2)7-8-16(14)25-3/h7-8,10-12H,4-6,9H2,1-3H3,(H,22,23)(H,19,20,21). The molecule has 0 saturated heterocycles. The van der Waals surface area contributed by atoms with Gasteiger partial charge >= 0.3 is 0 Å². The summed E-state index contributed by atoms with van der Waals surface area (Å²) in [5.41, 5.74) is 0.792. The summed E-state index contributed by atoms with van der Waals surface area (Å²) in [5, 5.41) is 6.00. The van der Waals surface area contributed by atoms with Crippen molar-refractivity contribution in [2.24, 2.45) is 0 Å². The van der Waals surface area contributed by atoms with Gasteiger partial charge in [-0.05, 0) is 18.6 Å². The average Bonchev–Trinajstić information content (AvgIpc) is 2.65. The van der Waals surface area contributed by atoms with E-state index in [1.54, 1.807) is 38.5 Å². The number of rotatable bonds is 9. The maximum atomic E-state index is 12.5. The lowest BCUT2D eigenvalue weighted by Crippen LogP contribution is -2.15. The molecule has 1 aromatic heterocycles. The Balaban J connectivity index is 2.08. The minimum atomic E-state index is -0.342. The van der Waals surface area contributed by atoms with Crippen LogP contribution in [0, 0.1) is 0 Å². The molecule has 134 valence electrons. The Morgan fingerprint density at radius 2 is 1.96 bits per heavy atom. The van der Waals surface area contributed by atoms with E-state index in [4.69, 9.17) is 9.47 Å².